The summed E-state index contributed by atoms with van der Waals surface area (Å²) in [6, 6.07) is 8.56. The highest BCUT2D eigenvalue weighted by molar-refractivity contribution is 6.10. The molecule has 1 aliphatic heterocycles. The zero-order chi connectivity index (χ0) is 14.8. The van der Waals surface area contributed by atoms with Crippen LogP contribution in [0.5, 0.6) is 0 Å². The van der Waals surface area contributed by atoms with Crippen molar-refractivity contribution in [3.63, 3.8) is 0 Å². The van der Waals surface area contributed by atoms with E-state index < -0.39 is 0 Å². The molecular formula is C14H13N5O. The summed E-state index contributed by atoms with van der Waals surface area (Å²) >= 11 is 0. The van der Waals surface area contributed by atoms with Crippen molar-refractivity contribution in [1.82, 2.24) is 5.32 Å². The van der Waals surface area contributed by atoms with Crippen LogP contribution in [0, 0.1) is 22.7 Å². The number of nitrogens with one attached hydrogen (secondary N) is 2. The number of hydrogen-bond donors (Lipinski definition) is 2. The van der Waals surface area contributed by atoms with Gasteiger partial charge in [0, 0.05) is 17.5 Å². The second kappa shape index (κ2) is 5.02. The highest BCUT2D eigenvalue weighted by Crippen LogP contribution is 2.31. The third-order valence-corrected chi connectivity index (χ3v) is 3.19. The smallest absolute Gasteiger partial charge is 0.251 e. The van der Waals surface area contributed by atoms with Crippen molar-refractivity contribution in [3.8, 4) is 12.1 Å². The molecule has 1 amide bonds. The molecule has 0 unspecified atom stereocenters. The summed E-state index contributed by atoms with van der Waals surface area (Å²) in [7, 11) is 0. The minimum atomic E-state index is -0.250. The first kappa shape index (κ1) is 13.6. The molecule has 0 aliphatic carbocycles. The highest BCUT2D eigenvalue weighted by Gasteiger charge is 2.31. The molecule has 20 heavy (non-hydrogen) atoms. The standard InChI is InChI=1S/C14H13N5O/c1-14(2)8-17-13(20)11-4-3-9(5-12(11)14)18-19-10(6-15)7-16/h3-5,18H,8H2,1-2H3,(H,17,20). The molecule has 0 bridgehead atoms. The fraction of sp³-hybridized carbons (Fsp3) is 0.286. The second-order valence-corrected chi connectivity index (χ2v) is 5.12. The molecule has 2 rings (SSSR count). The van der Waals surface area contributed by atoms with Gasteiger partial charge in [0.25, 0.3) is 5.91 Å². The van der Waals surface area contributed by atoms with Gasteiger partial charge in [-0.1, -0.05) is 13.8 Å². The van der Waals surface area contributed by atoms with Crippen LogP contribution in [-0.2, 0) is 5.41 Å². The lowest BCUT2D eigenvalue weighted by molar-refractivity contribution is 0.0930. The van der Waals surface area contributed by atoms with Gasteiger partial charge in [-0.3, -0.25) is 10.2 Å². The van der Waals surface area contributed by atoms with Crippen molar-refractivity contribution in [2.75, 3.05) is 12.0 Å². The number of benzene rings is 1. The molecule has 2 N–H and O–H groups in total. The first-order valence-corrected chi connectivity index (χ1v) is 6.04. The van der Waals surface area contributed by atoms with E-state index in [2.05, 4.69) is 15.8 Å². The van der Waals surface area contributed by atoms with Crippen LogP contribution < -0.4 is 10.7 Å². The van der Waals surface area contributed by atoms with Crippen molar-refractivity contribution in [2.45, 2.75) is 19.3 Å². The Hall–Kier alpha value is -2.86. The largest absolute Gasteiger partial charge is 0.351 e. The molecule has 1 aliphatic rings. The summed E-state index contributed by atoms with van der Waals surface area (Å²) < 4.78 is 0. The number of rotatable bonds is 2. The fourth-order valence-corrected chi connectivity index (χ4v) is 2.06. The van der Waals surface area contributed by atoms with Crippen molar-refractivity contribution in [1.29, 1.82) is 10.5 Å². The quantitative estimate of drug-likeness (QED) is 0.626. The molecule has 0 aromatic heterocycles. The Morgan fingerprint density at radius 1 is 1.40 bits per heavy atom. The summed E-state index contributed by atoms with van der Waals surface area (Å²) in [5.41, 5.74) is 4.41. The molecule has 0 saturated heterocycles. The summed E-state index contributed by atoms with van der Waals surface area (Å²) in [5, 5.41) is 23.8. The maximum atomic E-state index is 11.8. The van der Waals surface area contributed by atoms with E-state index in [1.54, 1.807) is 24.3 Å². The van der Waals surface area contributed by atoms with Gasteiger partial charge < -0.3 is 5.32 Å². The number of amides is 1. The molecule has 0 saturated carbocycles. The number of carbonyl (C=O) groups excluding carboxylic acids is 1. The number of nitrogens with zero attached hydrogens (tertiary/aromatic N) is 3. The minimum absolute atomic E-state index is 0.0934. The van der Waals surface area contributed by atoms with Crippen LogP contribution in [0.2, 0.25) is 0 Å². The third kappa shape index (κ3) is 2.45. The van der Waals surface area contributed by atoms with Crippen LogP contribution in [0.4, 0.5) is 5.69 Å². The lowest BCUT2D eigenvalue weighted by atomic mass is 9.79. The van der Waals surface area contributed by atoms with Gasteiger partial charge in [-0.15, -0.1) is 0 Å². The lowest BCUT2D eigenvalue weighted by Gasteiger charge is -2.32. The first-order valence-electron chi connectivity index (χ1n) is 6.04. The van der Waals surface area contributed by atoms with Gasteiger partial charge in [-0.05, 0) is 23.8 Å². The zero-order valence-corrected chi connectivity index (χ0v) is 11.2. The third-order valence-electron chi connectivity index (χ3n) is 3.19. The number of hydrazone groups is 1. The number of carbonyl (C=O) groups is 1. The number of nitriles is 2. The second-order valence-electron chi connectivity index (χ2n) is 5.12. The molecule has 6 nitrogen and oxygen atoms in total. The topological polar surface area (TPSA) is 101 Å². The number of fused-ring (bicyclic) bond motifs is 1. The van der Waals surface area contributed by atoms with E-state index in [4.69, 9.17) is 10.5 Å². The molecule has 1 aromatic carbocycles. The van der Waals surface area contributed by atoms with Gasteiger partial charge in [0.2, 0.25) is 5.71 Å². The van der Waals surface area contributed by atoms with Gasteiger partial charge in [0.15, 0.2) is 0 Å². The van der Waals surface area contributed by atoms with Crippen molar-refractivity contribution < 1.29 is 4.79 Å². The van der Waals surface area contributed by atoms with Gasteiger partial charge in [-0.25, -0.2) is 0 Å². The summed E-state index contributed by atoms with van der Waals surface area (Å²) in [4.78, 5) is 11.8. The van der Waals surface area contributed by atoms with Crippen LogP contribution in [0.15, 0.2) is 23.3 Å². The molecular weight excluding hydrogens is 254 g/mol. The normalized spacial score (nSPS) is 15.1. The van der Waals surface area contributed by atoms with E-state index in [-0.39, 0.29) is 17.0 Å². The van der Waals surface area contributed by atoms with Crippen LogP contribution in [-0.4, -0.2) is 18.2 Å². The van der Waals surface area contributed by atoms with Gasteiger partial charge in [0.1, 0.15) is 12.1 Å². The van der Waals surface area contributed by atoms with E-state index in [9.17, 15) is 4.79 Å². The zero-order valence-electron chi connectivity index (χ0n) is 11.2. The van der Waals surface area contributed by atoms with E-state index in [1.165, 1.54) is 0 Å². The average Bonchev–Trinajstić information content (AvgIpc) is 2.44. The Morgan fingerprint density at radius 3 is 2.75 bits per heavy atom. The summed E-state index contributed by atoms with van der Waals surface area (Å²) in [6.45, 7) is 4.63. The summed E-state index contributed by atoms with van der Waals surface area (Å²) in [6.07, 6.45) is 0. The van der Waals surface area contributed by atoms with Crippen LogP contribution >= 0.6 is 0 Å². The van der Waals surface area contributed by atoms with Crippen LogP contribution in [0.3, 0.4) is 0 Å². The molecule has 1 heterocycles. The minimum Gasteiger partial charge on any atom is -0.351 e. The Morgan fingerprint density at radius 2 is 2.10 bits per heavy atom. The molecule has 0 atom stereocenters. The van der Waals surface area contributed by atoms with Crippen molar-refractivity contribution in [2.24, 2.45) is 5.10 Å². The molecule has 100 valence electrons. The fourth-order valence-electron chi connectivity index (χ4n) is 2.06. The van der Waals surface area contributed by atoms with Gasteiger partial charge in [0.05, 0.1) is 5.69 Å². The first-order chi connectivity index (χ1) is 9.47. The Kier molecular flexibility index (Phi) is 3.41. The monoisotopic (exact) mass is 267 g/mol. The van der Waals surface area contributed by atoms with Crippen LogP contribution in [0.1, 0.15) is 29.8 Å². The van der Waals surface area contributed by atoms with Gasteiger partial charge in [-0.2, -0.15) is 15.6 Å². The lowest BCUT2D eigenvalue weighted by Crippen LogP contribution is -2.43. The molecule has 0 spiro atoms. The van der Waals surface area contributed by atoms with E-state index in [1.807, 2.05) is 19.9 Å². The number of anilines is 1. The Labute approximate surface area is 116 Å². The molecule has 0 radical (unpaired) electrons. The van der Waals surface area contributed by atoms with E-state index in [0.717, 1.165) is 5.56 Å². The molecule has 6 heteroatoms. The maximum absolute atomic E-state index is 11.8. The van der Waals surface area contributed by atoms with Gasteiger partial charge >= 0.3 is 0 Å². The van der Waals surface area contributed by atoms with E-state index in [0.29, 0.717) is 17.8 Å². The Bertz CT molecular complexity index is 660. The number of hydrogen-bond acceptors (Lipinski definition) is 5. The van der Waals surface area contributed by atoms with Crippen molar-refractivity contribution >= 4 is 17.3 Å². The highest BCUT2D eigenvalue weighted by atomic mass is 16.1. The maximum Gasteiger partial charge on any atom is 0.251 e. The SMILES string of the molecule is CC1(C)CNC(=O)c2ccc(NN=C(C#N)C#N)cc21. The molecule has 0 fully saturated rings. The average molecular weight is 267 g/mol. The molecule has 1 aromatic rings. The van der Waals surface area contributed by atoms with E-state index >= 15 is 0 Å². The van der Waals surface area contributed by atoms with Crippen LogP contribution in [0.25, 0.3) is 0 Å². The Balaban J connectivity index is 2.37. The predicted octanol–water partition coefficient (Wildman–Crippen LogP) is 1.52. The van der Waals surface area contributed by atoms with Crippen molar-refractivity contribution in [3.05, 3.63) is 29.3 Å². The summed E-state index contributed by atoms with van der Waals surface area (Å²) in [5.74, 6) is -0.0934. The predicted molar refractivity (Wildman–Crippen MR) is 74.1 cm³/mol.